The Balaban J connectivity index is 1.12. The minimum atomic E-state index is -3.65. The highest BCUT2D eigenvalue weighted by atomic mass is 32.2. The van der Waals surface area contributed by atoms with Gasteiger partial charge in [-0.1, -0.05) is 79.6 Å². The van der Waals surface area contributed by atoms with Crippen LogP contribution in [0.5, 0.6) is 11.5 Å². The van der Waals surface area contributed by atoms with Gasteiger partial charge in [-0.2, -0.15) is 15.0 Å². The highest BCUT2D eigenvalue weighted by Crippen LogP contribution is 2.32. The maximum absolute atomic E-state index is 13.2. The van der Waals surface area contributed by atoms with Gasteiger partial charge >= 0.3 is 0 Å². The molecule has 0 unspecified atom stereocenters. The number of aromatic nitrogens is 3. The smallest absolute Gasteiger partial charge is 0.241 e. The maximum Gasteiger partial charge on any atom is 0.241 e. The first-order valence-corrected chi connectivity index (χ1v) is 18.7. The number of benzene rings is 4. The Bertz CT molecular complexity index is 1980. The number of para-hydroxylation sites is 1. The van der Waals surface area contributed by atoms with E-state index in [-0.39, 0.29) is 0 Å². The molecule has 51 heavy (non-hydrogen) atoms. The van der Waals surface area contributed by atoms with Crippen LogP contribution in [0.4, 0.5) is 23.5 Å². The zero-order valence-electron chi connectivity index (χ0n) is 29.8. The summed E-state index contributed by atoms with van der Waals surface area (Å²) in [5.41, 5.74) is 3.11. The molecule has 0 bridgehead atoms. The van der Waals surface area contributed by atoms with E-state index in [4.69, 9.17) is 9.47 Å². The number of anilines is 4. The van der Waals surface area contributed by atoms with Gasteiger partial charge < -0.3 is 30.3 Å². The number of methoxy groups -OCH3 is 2. The predicted octanol–water partition coefficient (Wildman–Crippen LogP) is 6.33. The number of hydrogen-bond donors (Lipinski definition) is 4. The first kappa shape index (κ1) is 37.1. The van der Waals surface area contributed by atoms with Crippen LogP contribution in [0.1, 0.15) is 36.8 Å². The van der Waals surface area contributed by atoms with Crippen LogP contribution < -0.4 is 35.0 Å². The van der Waals surface area contributed by atoms with E-state index in [0.717, 1.165) is 48.7 Å². The number of rotatable bonds is 20. The Hall–Kier alpha value is -5.14. The van der Waals surface area contributed by atoms with Crippen LogP contribution in [0.2, 0.25) is 0 Å². The summed E-state index contributed by atoms with van der Waals surface area (Å²) in [7, 11) is 3.48. The van der Waals surface area contributed by atoms with Crippen molar-refractivity contribution in [3.05, 3.63) is 96.1 Å². The lowest BCUT2D eigenvalue weighted by atomic mass is 10.1. The van der Waals surface area contributed by atoms with E-state index < -0.39 is 10.0 Å². The number of unbranched alkanes of at least 4 members (excludes halogenated alkanes) is 3. The van der Waals surface area contributed by atoms with Crippen molar-refractivity contribution in [1.29, 1.82) is 0 Å². The maximum atomic E-state index is 13.2. The summed E-state index contributed by atoms with van der Waals surface area (Å²) in [6, 6.07) is 27.1. The van der Waals surface area contributed by atoms with E-state index in [2.05, 4.69) is 47.8 Å². The van der Waals surface area contributed by atoms with Gasteiger partial charge in [-0.05, 0) is 43.0 Å². The van der Waals surface area contributed by atoms with Gasteiger partial charge in [0.1, 0.15) is 0 Å². The number of nitrogens with zero attached hydrogens (tertiary/aromatic N) is 4. The number of sulfonamides is 1. The summed E-state index contributed by atoms with van der Waals surface area (Å²) < 4.78 is 40.3. The first-order chi connectivity index (χ1) is 24.8. The Morgan fingerprint density at radius 2 is 1.29 bits per heavy atom. The lowest BCUT2D eigenvalue weighted by molar-refractivity contribution is 0.352. The molecule has 0 saturated heterocycles. The van der Waals surface area contributed by atoms with Crippen LogP contribution >= 0.6 is 0 Å². The minimum Gasteiger partial charge on any atom is -0.493 e. The second-order valence-corrected chi connectivity index (χ2v) is 14.0. The second-order valence-electron chi connectivity index (χ2n) is 12.2. The molecule has 0 aliphatic heterocycles. The first-order valence-electron chi connectivity index (χ1n) is 17.2. The van der Waals surface area contributed by atoms with Crippen molar-refractivity contribution < 1.29 is 17.9 Å². The van der Waals surface area contributed by atoms with Crippen molar-refractivity contribution in [2.75, 3.05) is 68.8 Å². The van der Waals surface area contributed by atoms with Gasteiger partial charge in [0, 0.05) is 62.3 Å². The lowest BCUT2D eigenvalue weighted by Gasteiger charge is -2.17. The van der Waals surface area contributed by atoms with Gasteiger partial charge in [-0.3, -0.25) is 0 Å². The van der Waals surface area contributed by atoms with Crippen molar-refractivity contribution in [3.8, 4) is 11.5 Å². The van der Waals surface area contributed by atoms with E-state index >= 15 is 0 Å². The topological polar surface area (TPSA) is 143 Å². The molecular weight excluding hydrogens is 665 g/mol. The number of nitrogens with one attached hydrogen (secondary N) is 4. The average Bonchev–Trinajstić information content (AvgIpc) is 3.14. The van der Waals surface area contributed by atoms with Crippen LogP contribution in [0.15, 0.2) is 89.8 Å². The molecule has 0 spiro atoms. The van der Waals surface area contributed by atoms with Gasteiger partial charge in [0.15, 0.2) is 11.5 Å². The standard InChI is InChI=1S/C38H48N8O4S/c1-46(2)32-20-13-19-31-30(32)18-14-22-34(31)51(47,48)42-25-11-6-5-10-24-39-36-43-37(40-26-23-28-15-8-7-9-16-28)45-38(44-36)41-27-29-17-12-21-33(49-3)35(29)50-4/h7-9,12-22,42H,5-6,10-11,23-27H2,1-4H3,(H3,39,40,41,43,44,45). The molecule has 5 aromatic rings. The highest BCUT2D eigenvalue weighted by molar-refractivity contribution is 7.89. The fourth-order valence-corrected chi connectivity index (χ4v) is 7.11. The molecule has 0 saturated carbocycles. The third kappa shape index (κ3) is 10.2. The fourth-order valence-electron chi connectivity index (χ4n) is 5.82. The van der Waals surface area contributed by atoms with Crippen molar-refractivity contribution in [1.82, 2.24) is 19.7 Å². The number of ether oxygens (including phenoxy) is 2. The van der Waals surface area contributed by atoms with Gasteiger partial charge in [0.05, 0.1) is 19.1 Å². The second kappa shape index (κ2) is 18.2. The van der Waals surface area contributed by atoms with Gasteiger partial charge in [0.2, 0.25) is 27.9 Å². The van der Waals surface area contributed by atoms with E-state index in [9.17, 15) is 8.42 Å². The molecule has 13 heteroatoms. The quantitative estimate of drug-likeness (QED) is 0.0673. The molecule has 0 aliphatic carbocycles. The van der Waals surface area contributed by atoms with Crippen LogP contribution in [0, 0.1) is 0 Å². The zero-order valence-corrected chi connectivity index (χ0v) is 30.6. The molecule has 0 aliphatic rings. The summed E-state index contributed by atoms with van der Waals surface area (Å²) in [4.78, 5) is 16.1. The largest absolute Gasteiger partial charge is 0.493 e. The summed E-state index contributed by atoms with van der Waals surface area (Å²) in [6.07, 6.45) is 4.23. The molecule has 0 fully saturated rings. The van der Waals surface area contributed by atoms with Gasteiger partial charge in [-0.25, -0.2) is 13.1 Å². The molecule has 4 N–H and O–H groups in total. The summed E-state index contributed by atoms with van der Waals surface area (Å²) in [5, 5.41) is 11.6. The number of hydrogen-bond acceptors (Lipinski definition) is 11. The molecule has 270 valence electrons. The molecule has 0 atom stereocenters. The summed E-state index contributed by atoms with van der Waals surface area (Å²) in [6.45, 7) is 2.12. The summed E-state index contributed by atoms with van der Waals surface area (Å²) in [5.74, 6) is 2.67. The highest BCUT2D eigenvalue weighted by Gasteiger charge is 2.18. The fraction of sp³-hybridized carbons (Fsp3) is 0.342. The van der Waals surface area contributed by atoms with Crippen molar-refractivity contribution >= 4 is 44.3 Å². The van der Waals surface area contributed by atoms with Crippen molar-refractivity contribution in [2.45, 2.75) is 43.5 Å². The van der Waals surface area contributed by atoms with Crippen LogP contribution in [-0.4, -0.2) is 71.3 Å². The van der Waals surface area contributed by atoms with Crippen LogP contribution in [0.3, 0.4) is 0 Å². The molecule has 1 aromatic heterocycles. The normalized spacial score (nSPS) is 11.3. The number of fused-ring (bicyclic) bond motifs is 1. The molecule has 12 nitrogen and oxygen atoms in total. The third-order valence-electron chi connectivity index (χ3n) is 8.41. The predicted molar refractivity (Wildman–Crippen MR) is 206 cm³/mol. The van der Waals surface area contributed by atoms with Crippen LogP contribution in [0.25, 0.3) is 10.8 Å². The Morgan fingerprint density at radius 1 is 0.647 bits per heavy atom. The molecule has 0 radical (unpaired) electrons. The Kier molecular flexibility index (Phi) is 13.2. The third-order valence-corrected chi connectivity index (χ3v) is 9.92. The lowest BCUT2D eigenvalue weighted by Crippen LogP contribution is -2.25. The van der Waals surface area contributed by atoms with E-state index in [1.807, 2.05) is 79.7 Å². The van der Waals surface area contributed by atoms with E-state index in [1.54, 1.807) is 26.4 Å². The molecule has 1 heterocycles. The molecule has 0 amide bonds. The molecule has 4 aromatic carbocycles. The SMILES string of the molecule is COc1cccc(CNc2nc(NCCCCCCNS(=O)(=O)c3cccc4c(N(C)C)cccc34)nc(NCCc3ccccc3)n2)c1OC. The van der Waals surface area contributed by atoms with Crippen LogP contribution in [-0.2, 0) is 23.0 Å². The summed E-state index contributed by atoms with van der Waals surface area (Å²) >= 11 is 0. The van der Waals surface area contributed by atoms with E-state index in [0.29, 0.717) is 65.8 Å². The minimum absolute atomic E-state index is 0.302. The Morgan fingerprint density at radius 3 is 2.00 bits per heavy atom. The Labute approximate surface area is 301 Å². The van der Waals surface area contributed by atoms with Crippen molar-refractivity contribution in [2.24, 2.45) is 0 Å². The zero-order chi connectivity index (χ0) is 36.1. The monoisotopic (exact) mass is 712 g/mol. The van der Waals surface area contributed by atoms with Gasteiger partial charge in [0.25, 0.3) is 0 Å². The van der Waals surface area contributed by atoms with E-state index in [1.165, 1.54) is 5.56 Å². The van der Waals surface area contributed by atoms with Gasteiger partial charge in [-0.15, -0.1) is 0 Å². The molecular formula is C38H48N8O4S. The average molecular weight is 713 g/mol. The molecule has 5 rings (SSSR count). The van der Waals surface area contributed by atoms with Crippen molar-refractivity contribution in [3.63, 3.8) is 0 Å².